The van der Waals surface area contributed by atoms with Gasteiger partial charge in [0.05, 0.1) is 7.11 Å². The summed E-state index contributed by atoms with van der Waals surface area (Å²) in [6.45, 7) is 1.79. The van der Waals surface area contributed by atoms with Crippen LogP contribution in [0.4, 0.5) is 0 Å². The van der Waals surface area contributed by atoms with Gasteiger partial charge in [-0.15, -0.1) is 0 Å². The van der Waals surface area contributed by atoms with E-state index in [1.807, 2.05) is 24.1 Å². The lowest BCUT2D eigenvalue weighted by atomic mass is 10.0. The summed E-state index contributed by atoms with van der Waals surface area (Å²) >= 11 is 0. The number of benzene rings is 1. The van der Waals surface area contributed by atoms with Crippen LogP contribution in [0.3, 0.4) is 0 Å². The molecular weight excluding hydrogens is 264 g/mol. The smallest absolute Gasteiger partial charge is 0.222 e. The molecular formula is C17H26N2O2. The third-order valence-corrected chi connectivity index (χ3v) is 4.27. The topological polar surface area (TPSA) is 41.6 Å². The van der Waals surface area contributed by atoms with Gasteiger partial charge in [-0.05, 0) is 50.4 Å². The van der Waals surface area contributed by atoms with Crippen molar-refractivity contribution in [1.29, 1.82) is 0 Å². The second-order valence-corrected chi connectivity index (χ2v) is 5.65. The van der Waals surface area contributed by atoms with Crippen molar-refractivity contribution >= 4 is 5.91 Å². The van der Waals surface area contributed by atoms with Gasteiger partial charge in [0.25, 0.3) is 0 Å². The van der Waals surface area contributed by atoms with Gasteiger partial charge in [0, 0.05) is 25.6 Å². The SMILES string of the molecule is CNC1CCN(C(=O)CCCc2ccc(OC)cc2)CC1. The van der Waals surface area contributed by atoms with Gasteiger partial charge >= 0.3 is 0 Å². The average Bonchev–Trinajstić information content (AvgIpc) is 2.55. The lowest BCUT2D eigenvalue weighted by molar-refractivity contribution is -0.132. The second kappa shape index (κ2) is 8.03. The number of carbonyl (C=O) groups is 1. The monoisotopic (exact) mass is 290 g/mol. The summed E-state index contributed by atoms with van der Waals surface area (Å²) in [7, 11) is 3.67. The number of methoxy groups -OCH3 is 1. The van der Waals surface area contributed by atoms with Gasteiger partial charge in [-0.3, -0.25) is 4.79 Å². The molecule has 1 saturated heterocycles. The Kier molecular flexibility index (Phi) is 6.05. The number of hydrogen-bond acceptors (Lipinski definition) is 3. The molecule has 1 N–H and O–H groups in total. The van der Waals surface area contributed by atoms with Gasteiger partial charge in [-0.2, -0.15) is 0 Å². The van der Waals surface area contributed by atoms with Crippen LogP contribution in [0.1, 0.15) is 31.2 Å². The Bertz CT molecular complexity index is 437. The zero-order valence-electron chi connectivity index (χ0n) is 13.1. The summed E-state index contributed by atoms with van der Waals surface area (Å²) in [5, 5.41) is 3.29. The predicted octanol–water partition coefficient (Wildman–Crippen LogP) is 2.23. The molecule has 1 aliphatic heterocycles. The van der Waals surface area contributed by atoms with Gasteiger partial charge in [0.15, 0.2) is 0 Å². The summed E-state index contributed by atoms with van der Waals surface area (Å²) in [5.74, 6) is 1.18. The molecule has 0 atom stereocenters. The Morgan fingerprint density at radius 2 is 1.95 bits per heavy atom. The molecule has 1 heterocycles. The maximum absolute atomic E-state index is 12.2. The largest absolute Gasteiger partial charge is 0.497 e. The number of rotatable bonds is 6. The van der Waals surface area contributed by atoms with Crippen LogP contribution < -0.4 is 10.1 Å². The molecule has 4 heteroatoms. The highest BCUT2D eigenvalue weighted by atomic mass is 16.5. The van der Waals surface area contributed by atoms with E-state index in [2.05, 4.69) is 17.4 Å². The number of nitrogens with zero attached hydrogens (tertiary/aromatic N) is 1. The summed E-state index contributed by atoms with van der Waals surface area (Å²) < 4.78 is 5.14. The van der Waals surface area contributed by atoms with Crippen molar-refractivity contribution in [3.05, 3.63) is 29.8 Å². The number of carbonyl (C=O) groups excluding carboxylic acids is 1. The molecule has 0 aromatic heterocycles. The van der Waals surface area contributed by atoms with Gasteiger partial charge < -0.3 is 15.0 Å². The Morgan fingerprint density at radius 1 is 1.29 bits per heavy atom. The third kappa shape index (κ3) is 4.74. The van der Waals surface area contributed by atoms with Crippen LogP contribution >= 0.6 is 0 Å². The number of piperidine rings is 1. The standard InChI is InChI=1S/C17H26N2O2/c1-18-15-10-12-19(13-11-15)17(20)5-3-4-14-6-8-16(21-2)9-7-14/h6-9,15,18H,3-5,10-13H2,1-2H3. The van der Waals surface area contributed by atoms with Crippen molar-refractivity contribution in [1.82, 2.24) is 10.2 Å². The highest BCUT2D eigenvalue weighted by molar-refractivity contribution is 5.76. The summed E-state index contributed by atoms with van der Waals surface area (Å²) in [5.41, 5.74) is 1.26. The van der Waals surface area contributed by atoms with Crippen molar-refractivity contribution in [3.8, 4) is 5.75 Å². The van der Waals surface area contributed by atoms with Crippen LogP contribution in [0.5, 0.6) is 5.75 Å². The summed E-state index contributed by atoms with van der Waals surface area (Å²) in [6, 6.07) is 8.66. The molecule has 0 radical (unpaired) electrons. The Hall–Kier alpha value is -1.55. The number of likely N-dealkylation sites (tertiary alicyclic amines) is 1. The van der Waals surface area contributed by atoms with Gasteiger partial charge in [0.2, 0.25) is 5.91 Å². The molecule has 1 aromatic rings. The lowest BCUT2D eigenvalue weighted by Crippen LogP contribution is -2.43. The highest BCUT2D eigenvalue weighted by Crippen LogP contribution is 2.15. The third-order valence-electron chi connectivity index (χ3n) is 4.27. The van der Waals surface area contributed by atoms with Crippen molar-refractivity contribution < 1.29 is 9.53 Å². The zero-order chi connectivity index (χ0) is 15.1. The van der Waals surface area contributed by atoms with Crippen molar-refractivity contribution in [3.63, 3.8) is 0 Å². The predicted molar refractivity (Wildman–Crippen MR) is 84.6 cm³/mol. The van der Waals surface area contributed by atoms with E-state index in [9.17, 15) is 4.79 Å². The van der Waals surface area contributed by atoms with Gasteiger partial charge in [0.1, 0.15) is 5.75 Å². The molecule has 0 aliphatic carbocycles. The fraction of sp³-hybridized carbons (Fsp3) is 0.588. The average molecular weight is 290 g/mol. The molecule has 1 aliphatic rings. The molecule has 1 fully saturated rings. The molecule has 0 spiro atoms. The summed E-state index contributed by atoms with van der Waals surface area (Å²) in [4.78, 5) is 14.2. The Labute approximate surface area is 127 Å². The van der Waals surface area contributed by atoms with E-state index in [0.29, 0.717) is 18.4 Å². The molecule has 0 unspecified atom stereocenters. The zero-order valence-corrected chi connectivity index (χ0v) is 13.1. The van der Waals surface area contributed by atoms with Crippen molar-refractivity contribution in [2.24, 2.45) is 0 Å². The van der Waals surface area contributed by atoms with E-state index in [1.165, 1.54) is 5.56 Å². The maximum atomic E-state index is 12.2. The summed E-state index contributed by atoms with van der Waals surface area (Å²) in [6.07, 6.45) is 4.65. The normalized spacial score (nSPS) is 16.0. The fourth-order valence-electron chi connectivity index (χ4n) is 2.81. The van der Waals surface area contributed by atoms with Crippen LogP contribution in [0.2, 0.25) is 0 Å². The Balaban J connectivity index is 1.69. The highest BCUT2D eigenvalue weighted by Gasteiger charge is 2.21. The van der Waals surface area contributed by atoms with Gasteiger partial charge in [-0.25, -0.2) is 0 Å². The van der Waals surface area contributed by atoms with Crippen molar-refractivity contribution in [2.75, 3.05) is 27.2 Å². The van der Waals surface area contributed by atoms with E-state index < -0.39 is 0 Å². The molecule has 21 heavy (non-hydrogen) atoms. The number of aryl methyl sites for hydroxylation is 1. The maximum Gasteiger partial charge on any atom is 0.222 e. The second-order valence-electron chi connectivity index (χ2n) is 5.65. The first-order valence-corrected chi connectivity index (χ1v) is 7.81. The number of nitrogens with one attached hydrogen (secondary N) is 1. The van der Waals surface area contributed by atoms with Crippen molar-refractivity contribution in [2.45, 2.75) is 38.1 Å². The number of ether oxygens (including phenoxy) is 1. The van der Waals surface area contributed by atoms with E-state index in [-0.39, 0.29) is 0 Å². The number of amides is 1. The Morgan fingerprint density at radius 3 is 2.52 bits per heavy atom. The molecule has 0 bridgehead atoms. The van der Waals surface area contributed by atoms with Crippen LogP contribution in [0, 0.1) is 0 Å². The molecule has 116 valence electrons. The first-order valence-electron chi connectivity index (χ1n) is 7.81. The van der Waals surface area contributed by atoms with Crippen LogP contribution in [0.15, 0.2) is 24.3 Å². The van der Waals surface area contributed by atoms with Crippen LogP contribution in [-0.4, -0.2) is 44.1 Å². The molecule has 2 rings (SSSR count). The fourth-order valence-corrected chi connectivity index (χ4v) is 2.81. The number of hydrogen-bond donors (Lipinski definition) is 1. The molecule has 1 aromatic carbocycles. The van der Waals surface area contributed by atoms with E-state index in [1.54, 1.807) is 7.11 Å². The minimum Gasteiger partial charge on any atom is -0.497 e. The van der Waals surface area contributed by atoms with Crippen LogP contribution in [0.25, 0.3) is 0 Å². The molecule has 0 saturated carbocycles. The minimum atomic E-state index is 0.304. The first kappa shape index (κ1) is 15.8. The van der Waals surface area contributed by atoms with E-state index in [0.717, 1.165) is 44.5 Å². The first-order chi connectivity index (χ1) is 10.2. The quantitative estimate of drug-likeness (QED) is 0.873. The molecule has 1 amide bonds. The lowest BCUT2D eigenvalue weighted by Gasteiger charge is -2.31. The molecule has 4 nitrogen and oxygen atoms in total. The van der Waals surface area contributed by atoms with E-state index >= 15 is 0 Å². The van der Waals surface area contributed by atoms with Crippen LogP contribution in [-0.2, 0) is 11.2 Å². The van der Waals surface area contributed by atoms with E-state index in [4.69, 9.17) is 4.74 Å². The van der Waals surface area contributed by atoms with Gasteiger partial charge in [-0.1, -0.05) is 12.1 Å². The minimum absolute atomic E-state index is 0.304.